The summed E-state index contributed by atoms with van der Waals surface area (Å²) in [5.41, 5.74) is 11.8. The van der Waals surface area contributed by atoms with E-state index >= 15 is 0 Å². The van der Waals surface area contributed by atoms with E-state index < -0.39 is 0 Å². The molecular weight excluding hydrogens is 583 g/mol. The molecule has 0 atom stereocenters. The lowest BCUT2D eigenvalue weighted by Crippen LogP contribution is -2.01. The van der Waals surface area contributed by atoms with Crippen LogP contribution in [0.15, 0.2) is 188 Å². The summed E-state index contributed by atoms with van der Waals surface area (Å²) in [6, 6.07) is 65.1. The van der Waals surface area contributed by atoms with Gasteiger partial charge in [-0.15, -0.1) is 0 Å². The molecule has 0 N–H and O–H groups in total. The van der Waals surface area contributed by atoms with Crippen LogP contribution in [0.1, 0.15) is 0 Å². The van der Waals surface area contributed by atoms with E-state index in [2.05, 4.69) is 158 Å². The highest BCUT2D eigenvalue weighted by molar-refractivity contribution is 5.87. The van der Waals surface area contributed by atoms with Crippen molar-refractivity contribution in [2.75, 3.05) is 0 Å². The van der Waals surface area contributed by atoms with Gasteiger partial charge in [-0.3, -0.25) is 0 Å². The van der Waals surface area contributed by atoms with E-state index in [4.69, 9.17) is 15.0 Å². The molecule has 0 fully saturated rings. The number of nitrogens with zero attached hydrogens (tertiary/aromatic N) is 3. The first kappa shape index (κ1) is 29.0. The lowest BCUT2D eigenvalue weighted by atomic mass is 9.92. The van der Waals surface area contributed by atoms with Crippen molar-refractivity contribution in [2.45, 2.75) is 0 Å². The summed E-state index contributed by atoms with van der Waals surface area (Å²) in [5.74, 6) is 1.89. The number of hydrogen-bond acceptors (Lipinski definition) is 3. The smallest absolute Gasteiger partial charge is 0.164 e. The van der Waals surface area contributed by atoms with Crippen LogP contribution in [0.5, 0.6) is 0 Å². The Bertz CT molecular complexity index is 2320. The van der Waals surface area contributed by atoms with Gasteiger partial charge in [-0.05, 0) is 56.6 Å². The van der Waals surface area contributed by atoms with Gasteiger partial charge in [0.05, 0.1) is 0 Å². The Morgan fingerprint density at radius 2 is 0.604 bits per heavy atom. The van der Waals surface area contributed by atoms with Crippen LogP contribution in [0.2, 0.25) is 0 Å². The lowest BCUT2D eigenvalue weighted by Gasteiger charge is -2.15. The molecule has 8 aromatic rings. The highest BCUT2D eigenvalue weighted by Gasteiger charge is 2.17. The minimum atomic E-state index is 0.625. The van der Waals surface area contributed by atoms with Gasteiger partial charge in [-0.2, -0.15) is 0 Å². The molecule has 1 aromatic heterocycles. The Morgan fingerprint density at radius 3 is 1.19 bits per heavy atom. The van der Waals surface area contributed by atoms with Crippen molar-refractivity contribution in [1.29, 1.82) is 0 Å². The molecule has 0 aliphatic rings. The summed E-state index contributed by atoms with van der Waals surface area (Å²) in [4.78, 5) is 15.5. The zero-order valence-corrected chi connectivity index (χ0v) is 26.2. The van der Waals surface area contributed by atoms with Gasteiger partial charge in [-0.25, -0.2) is 15.0 Å². The minimum Gasteiger partial charge on any atom is -0.208 e. The standard InChI is InChI=1S/C45H31N3/c1-5-16-32(17-6-1)36-24-15-25-37(30-36)43-46-44(48-45(47-43)41-27-14-13-26-39(41)33-18-7-2-8-19-33)38-28-29-40(34-20-9-3-10-21-34)42(31-38)35-22-11-4-12-23-35/h1-31H. The summed E-state index contributed by atoms with van der Waals surface area (Å²) in [6.07, 6.45) is 0. The molecule has 48 heavy (non-hydrogen) atoms. The Balaban J connectivity index is 1.34. The Hall–Kier alpha value is -6.45. The third-order valence-corrected chi connectivity index (χ3v) is 8.56. The van der Waals surface area contributed by atoms with Gasteiger partial charge in [0.1, 0.15) is 0 Å². The normalized spacial score (nSPS) is 10.9. The van der Waals surface area contributed by atoms with E-state index in [9.17, 15) is 0 Å². The molecule has 0 saturated heterocycles. The largest absolute Gasteiger partial charge is 0.208 e. The molecule has 0 radical (unpaired) electrons. The average Bonchev–Trinajstić information content (AvgIpc) is 3.19. The van der Waals surface area contributed by atoms with Crippen molar-refractivity contribution in [3.8, 4) is 78.7 Å². The van der Waals surface area contributed by atoms with Crippen molar-refractivity contribution in [3.05, 3.63) is 188 Å². The molecule has 226 valence electrons. The third-order valence-electron chi connectivity index (χ3n) is 8.56. The SMILES string of the molecule is c1ccc(-c2cccc(-c3nc(-c4ccc(-c5ccccc5)c(-c5ccccc5)c4)nc(-c4ccccc4-c4ccccc4)n3)c2)cc1. The lowest BCUT2D eigenvalue weighted by molar-refractivity contribution is 1.07. The third kappa shape index (κ3) is 5.93. The molecule has 1 heterocycles. The van der Waals surface area contributed by atoms with Gasteiger partial charge in [0.15, 0.2) is 17.5 Å². The second-order valence-electron chi connectivity index (χ2n) is 11.7. The van der Waals surface area contributed by atoms with Crippen LogP contribution in [0.4, 0.5) is 0 Å². The van der Waals surface area contributed by atoms with Crippen LogP contribution in [0, 0.1) is 0 Å². The number of benzene rings is 7. The van der Waals surface area contributed by atoms with Gasteiger partial charge < -0.3 is 0 Å². The van der Waals surface area contributed by atoms with E-state index in [0.29, 0.717) is 17.5 Å². The Labute approximate surface area is 280 Å². The molecule has 3 nitrogen and oxygen atoms in total. The molecule has 0 unspecified atom stereocenters. The second-order valence-corrected chi connectivity index (χ2v) is 11.7. The van der Waals surface area contributed by atoms with E-state index in [1.807, 2.05) is 30.3 Å². The summed E-state index contributed by atoms with van der Waals surface area (Å²) in [7, 11) is 0. The van der Waals surface area contributed by atoms with E-state index in [1.54, 1.807) is 0 Å². The van der Waals surface area contributed by atoms with E-state index in [1.165, 1.54) is 0 Å². The number of rotatable bonds is 7. The average molecular weight is 614 g/mol. The summed E-state index contributed by atoms with van der Waals surface area (Å²) in [5, 5.41) is 0. The maximum absolute atomic E-state index is 5.18. The van der Waals surface area contributed by atoms with Crippen LogP contribution in [0.3, 0.4) is 0 Å². The predicted octanol–water partition coefficient (Wildman–Crippen LogP) is 11.5. The molecule has 0 saturated carbocycles. The molecular formula is C45H31N3. The maximum atomic E-state index is 5.18. The first-order valence-electron chi connectivity index (χ1n) is 16.1. The molecule has 0 aliphatic carbocycles. The summed E-state index contributed by atoms with van der Waals surface area (Å²) >= 11 is 0. The van der Waals surface area contributed by atoms with Crippen molar-refractivity contribution in [2.24, 2.45) is 0 Å². The minimum absolute atomic E-state index is 0.625. The topological polar surface area (TPSA) is 38.7 Å². The number of aromatic nitrogens is 3. The molecule has 0 amide bonds. The van der Waals surface area contributed by atoms with Gasteiger partial charge in [0.2, 0.25) is 0 Å². The first-order chi connectivity index (χ1) is 23.8. The summed E-state index contributed by atoms with van der Waals surface area (Å²) < 4.78 is 0. The van der Waals surface area contributed by atoms with E-state index in [-0.39, 0.29) is 0 Å². The molecule has 0 aliphatic heterocycles. The molecule has 0 spiro atoms. The molecule has 8 rings (SSSR count). The second kappa shape index (κ2) is 13.1. The van der Waals surface area contributed by atoms with Gasteiger partial charge in [0, 0.05) is 16.7 Å². The highest BCUT2D eigenvalue weighted by atomic mass is 15.0. The highest BCUT2D eigenvalue weighted by Crippen LogP contribution is 2.37. The van der Waals surface area contributed by atoms with Crippen molar-refractivity contribution in [1.82, 2.24) is 15.0 Å². The fourth-order valence-corrected chi connectivity index (χ4v) is 6.18. The van der Waals surface area contributed by atoms with Crippen LogP contribution in [-0.4, -0.2) is 15.0 Å². The quantitative estimate of drug-likeness (QED) is 0.179. The molecule has 0 bridgehead atoms. The predicted molar refractivity (Wildman–Crippen MR) is 198 cm³/mol. The Morgan fingerprint density at radius 1 is 0.208 bits per heavy atom. The molecule has 7 aromatic carbocycles. The zero-order chi connectivity index (χ0) is 32.1. The number of hydrogen-bond donors (Lipinski definition) is 0. The van der Waals surface area contributed by atoms with Gasteiger partial charge in [-0.1, -0.05) is 176 Å². The van der Waals surface area contributed by atoms with Crippen LogP contribution in [0.25, 0.3) is 78.7 Å². The monoisotopic (exact) mass is 613 g/mol. The fraction of sp³-hybridized carbons (Fsp3) is 0. The zero-order valence-electron chi connectivity index (χ0n) is 26.2. The maximum Gasteiger partial charge on any atom is 0.164 e. The van der Waals surface area contributed by atoms with Gasteiger partial charge in [0.25, 0.3) is 0 Å². The van der Waals surface area contributed by atoms with Crippen LogP contribution in [-0.2, 0) is 0 Å². The van der Waals surface area contributed by atoms with Crippen LogP contribution < -0.4 is 0 Å². The first-order valence-corrected chi connectivity index (χ1v) is 16.1. The summed E-state index contributed by atoms with van der Waals surface area (Å²) in [6.45, 7) is 0. The fourth-order valence-electron chi connectivity index (χ4n) is 6.18. The van der Waals surface area contributed by atoms with Crippen molar-refractivity contribution in [3.63, 3.8) is 0 Å². The van der Waals surface area contributed by atoms with Gasteiger partial charge >= 0.3 is 0 Å². The van der Waals surface area contributed by atoms with Crippen LogP contribution >= 0.6 is 0 Å². The van der Waals surface area contributed by atoms with Crippen molar-refractivity contribution >= 4 is 0 Å². The Kier molecular flexibility index (Phi) is 7.92. The van der Waals surface area contributed by atoms with E-state index in [0.717, 1.165) is 61.2 Å². The van der Waals surface area contributed by atoms with Crippen molar-refractivity contribution < 1.29 is 0 Å². The molecule has 3 heteroatoms.